The molecular formula is C21H24N6O3. The van der Waals surface area contributed by atoms with E-state index in [9.17, 15) is 9.59 Å². The summed E-state index contributed by atoms with van der Waals surface area (Å²) >= 11 is 0. The lowest BCUT2D eigenvalue weighted by molar-refractivity contribution is 0.0782. The first-order chi connectivity index (χ1) is 14.5. The molecule has 3 aromatic rings. The Morgan fingerprint density at radius 1 is 1.23 bits per heavy atom. The number of nitrogens with zero attached hydrogens (tertiary/aromatic N) is 5. The van der Waals surface area contributed by atoms with Gasteiger partial charge >= 0.3 is 6.03 Å². The number of anilines is 1. The van der Waals surface area contributed by atoms with Crippen LogP contribution in [-0.4, -0.2) is 76.8 Å². The van der Waals surface area contributed by atoms with E-state index in [1.165, 1.54) is 0 Å². The molecule has 9 heteroatoms. The van der Waals surface area contributed by atoms with Crippen LogP contribution in [0.3, 0.4) is 0 Å². The minimum Gasteiger partial charge on any atom is -0.497 e. The summed E-state index contributed by atoms with van der Waals surface area (Å²) in [6, 6.07) is 7.69. The number of hydrogen-bond donors (Lipinski definition) is 1. The SMILES string of the molecule is COc1ccc2cc(C(=O)N3CCC(n4cc(N5CCN(C)C5=O)cn4)C3)[nH]c2c1. The zero-order valence-corrected chi connectivity index (χ0v) is 17.0. The number of likely N-dealkylation sites (N-methyl/N-ethyl adjacent to an activating group) is 1. The van der Waals surface area contributed by atoms with Gasteiger partial charge in [0.15, 0.2) is 0 Å². The van der Waals surface area contributed by atoms with Gasteiger partial charge in [0.2, 0.25) is 0 Å². The zero-order chi connectivity index (χ0) is 20.8. The molecule has 2 fully saturated rings. The first-order valence-corrected chi connectivity index (χ1v) is 10.1. The summed E-state index contributed by atoms with van der Waals surface area (Å²) in [5.74, 6) is 0.734. The van der Waals surface area contributed by atoms with Gasteiger partial charge in [0.05, 0.1) is 25.0 Å². The molecule has 1 N–H and O–H groups in total. The number of amides is 3. The third kappa shape index (κ3) is 3.06. The molecule has 1 atom stereocenters. The van der Waals surface area contributed by atoms with Crippen LogP contribution in [0.1, 0.15) is 23.0 Å². The molecule has 2 aliphatic heterocycles. The van der Waals surface area contributed by atoms with E-state index < -0.39 is 0 Å². The molecule has 0 aliphatic carbocycles. The van der Waals surface area contributed by atoms with Crippen LogP contribution in [-0.2, 0) is 0 Å². The van der Waals surface area contributed by atoms with Gasteiger partial charge in [-0.05, 0) is 24.6 Å². The number of urea groups is 1. The van der Waals surface area contributed by atoms with Crippen LogP contribution in [0.4, 0.5) is 10.5 Å². The van der Waals surface area contributed by atoms with Crippen molar-refractivity contribution in [1.29, 1.82) is 0 Å². The summed E-state index contributed by atoms with van der Waals surface area (Å²) in [6.45, 7) is 2.64. The van der Waals surface area contributed by atoms with E-state index >= 15 is 0 Å². The summed E-state index contributed by atoms with van der Waals surface area (Å²) in [5, 5.41) is 5.45. The lowest BCUT2D eigenvalue weighted by Crippen LogP contribution is -2.29. The first kappa shape index (κ1) is 18.5. The molecule has 2 saturated heterocycles. The van der Waals surface area contributed by atoms with Crippen LogP contribution in [0.25, 0.3) is 10.9 Å². The predicted molar refractivity (Wildman–Crippen MR) is 112 cm³/mol. The van der Waals surface area contributed by atoms with E-state index in [1.807, 2.05) is 40.0 Å². The van der Waals surface area contributed by atoms with E-state index in [-0.39, 0.29) is 18.0 Å². The highest BCUT2D eigenvalue weighted by atomic mass is 16.5. The Bertz CT molecular complexity index is 1120. The fraction of sp³-hybridized carbons (Fsp3) is 0.381. The van der Waals surface area contributed by atoms with Crippen molar-refractivity contribution in [3.05, 3.63) is 42.4 Å². The number of hydrogen-bond acceptors (Lipinski definition) is 4. The van der Waals surface area contributed by atoms with Crippen LogP contribution in [0.5, 0.6) is 5.75 Å². The maximum Gasteiger partial charge on any atom is 0.324 e. The first-order valence-electron chi connectivity index (χ1n) is 10.1. The smallest absolute Gasteiger partial charge is 0.324 e. The average Bonchev–Trinajstić information content (AvgIpc) is 3.53. The van der Waals surface area contributed by atoms with Crippen molar-refractivity contribution in [2.24, 2.45) is 0 Å². The second-order valence-corrected chi connectivity index (χ2v) is 7.86. The fourth-order valence-corrected chi connectivity index (χ4v) is 4.21. The van der Waals surface area contributed by atoms with E-state index in [0.29, 0.717) is 31.9 Å². The number of likely N-dealkylation sites (tertiary alicyclic amines) is 1. The second-order valence-electron chi connectivity index (χ2n) is 7.86. The lowest BCUT2D eigenvalue weighted by atomic mass is 10.2. The normalized spacial score (nSPS) is 19.3. The van der Waals surface area contributed by atoms with E-state index in [2.05, 4.69) is 10.1 Å². The molecule has 1 unspecified atom stereocenters. The zero-order valence-electron chi connectivity index (χ0n) is 17.0. The quantitative estimate of drug-likeness (QED) is 0.718. The number of fused-ring (bicyclic) bond motifs is 1. The molecule has 2 aliphatic rings. The molecule has 3 amide bonds. The Labute approximate surface area is 173 Å². The summed E-state index contributed by atoms with van der Waals surface area (Å²) in [5.41, 5.74) is 2.26. The maximum atomic E-state index is 13.0. The van der Waals surface area contributed by atoms with Crippen LogP contribution in [0, 0.1) is 0 Å². The summed E-state index contributed by atoms with van der Waals surface area (Å²) in [4.78, 5) is 33.7. The highest BCUT2D eigenvalue weighted by Crippen LogP contribution is 2.27. The highest BCUT2D eigenvalue weighted by Gasteiger charge is 2.31. The number of methoxy groups -OCH3 is 1. The molecule has 0 bridgehead atoms. The van der Waals surface area contributed by atoms with Gasteiger partial charge in [-0.1, -0.05) is 0 Å². The number of aromatic nitrogens is 3. The summed E-state index contributed by atoms with van der Waals surface area (Å²) in [6.07, 6.45) is 4.46. The molecule has 156 valence electrons. The van der Waals surface area contributed by atoms with Crippen molar-refractivity contribution < 1.29 is 14.3 Å². The standard InChI is InChI=1S/C21H24N6O3/c1-24-7-8-26(21(24)29)16-11-22-27(13-16)15-5-6-25(12-15)20(28)19-9-14-3-4-17(30-2)10-18(14)23-19/h3-4,9-11,13,15,23H,5-8,12H2,1-2H3. The molecule has 4 heterocycles. The van der Waals surface area contributed by atoms with Gasteiger partial charge in [-0.15, -0.1) is 0 Å². The van der Waals surface area contributed by atoms with E-state index in [1.54, 1.807) is 30.2 Å². The Morgan fingerprint density at radius 2 is 2.10 bits per heavy atom. The molecule has 1 aromatic carbocycles. The number of benzene rings is 1. The molecule has 30 heavy (non-hydrogen) atoms. The third-order valence-electron chi connectivity index (χ3n) is 6.00. The second kappa shape index (κ2) is 7.08. The van der Waals surface area contributed by atoms with Gasteiger partial charge in [0, 0.05) is 56.4 Å². The van der Waals surface area contributed by atoms with Gasteiger partial charge in [-0.2, -0.15) is 5.10 Å². The number of carbonyl (C=O) groups is 2. The minimum atomic E-state index is -0.0172. The molecule has 0 radical (unpaired) electrons. The van der Waals surface area contributed by atoms with Gasteiger partial charge in [-0.3, -0.25) is 14.4 Å². The van der Waals surface area contributed by atoms with Crippen LogP contribution < -0.4 is 9.64 Å². The largest absolute Gasteiger partial charge is 0.497 e. The van der Waals surface area contributed by atoms with Crippen molar-refractivity contribution in [1.82, 2.24) is 24.6 Å². The molecule has 0 saturated carbocycles. The number of rotatable bonds is 4. The highest BCUT2D eigenvalue weighted by molar-refractivity contribution is 5.98. The fourth-order valence-electron chi connectivity index (χ4n) is 4.21. The number of H-pyrrole nitrogens is 1. The molecule has 9 nitrogen and oxygen atoms in total. The van der Waals surface area contributed by atoms with Gasteiger partial charge in [0.25, 0.3) is 5.91 Å². The molecule has 5 rings (SSSR count). The molecule has 0 spiro atoms. The lowest BCUT2D eigenvalue weighted by Gasteiger charge is -2.16. The van der Waals surface area contributed by atoms with Crippen molar-refractivity contribution in [3.8, 4) is 5.75 Å². The number of carbonyl (C=O) groups excluding carboxylic acids is 2. The monoisotopic (exact) mass is 408 g/mol. The molecule has 2 aromatic heterocycles. The minimum absolute atomic E-state index is 0.00628. The maximum absolute atomic E-state index is 13.0. The van der Waals surface area contributed by atoms with Gasteiger partial charge in [0.1, 0.15) is 11.4 Å². The average molecular weight is 408 g/mol. The van der Waals surface area contributed by atoms with Crippen LogP contribution in [0.15, 0.2) is 36.7 Å². The number of ether oxygens (including phenoxy) is 1. The van der Waals surface area contributed by atoms with Crippen molar-refractivity contribution in [2.45, 2.75) is 12.5 Å². The number of nitrogens with one attached hydrogen (secondary N) is 1. The van der Waals surface area contributed by atoms with Crippen molar-refractivity contribution in [2.75, 3.05) is 45.2 Å². The topological polar surface area (TPSA) is 86.7 Å². The van der Waals surface area contributed by atoms with Crippen LogP contribution in [0.2, 0.25) is 0 Å². The Hall–Kier alpha value is -3.49. The van der Waals surface area contributed by atoms with Crippen LogP contribution >= 0.6 is 0 Å². The summed E-state index contributed by atoms with van der Waals surface area (Å²) < 4.78 is 7.13. The number of aromatic amines is 1. The van der Waals surface area contributed by atoms with Gasteiger partial charge in [-0.25, -0.2) is 4.79 Å². The van der Waals surface area contributed by atoms with Crippen molar-refractivity contribution >= 4 is 28.5 Å². The third-order valence-corrected chi connectivity index (χ3v) is 6.00. The Kier molecular flexibility index (Phi) is 4.38. The van der Waals surface area contributed by atoms with Gasteiger partial charge < -0.3 is 19.5 Å². The molecular weight excluding hydrogens is 384 g/mol. The Morgan fingerprint density at radius 3 is 2.87 bits per heavy atom. The van der Waals surface area contributed by atoms with Crippen molar-refractivity contribution in [3.63, 3.8) is 0 Å². The summed E-state index contributed by atoms with van der Waals surface area (Å²) in [7, 11) is 3.42. The van der Waals surface area contributed by atoms with E-state index in [4.69, 9.17) is 4.74 Å². The Balaban J connectivity index is 1.29. The van der Waals surface area contributed by atoms with E-state index in [0.717, 1.165) is 28.8 Å². The predicted octanol–water partition coefficient (Wildman–Crippen LogP) is 2.33.